The van der Waals surface area contributed by atoms with Crippen molar-refractivity contribution in [2.75, 3.05) is 6.54 Å². The summed E-state index contributed by atoms with van der Waals surface area (Å²) >= 11 is 3.47. The summed E-state index contributed by atoms with van der Waals surface area (Å²) in [6.07, 6.45) is 2.62. The van der Waals surface area contributed by atoms with Crippen molar-refractivity contribution in [1.29, 1.82) is 0 Å². The molecule has 1 amide bonds. The van der Waals surface area contributed by atoms with Crippen LogP contribution in [0.15, 0.2) is 28.7 Å². The summed E-state index contributed by atoms with van der Waals surface area (Å²) < 4.78 is 6.40. The van der Waals surface area contributed by atoms with Crippen molar-refractivity contribution in [2.45, 2.75) is 64.2 Å². The van der Waals surface area contributed by atoms with Crippen LogP contribution in [0.4, 0.5) is 4.79 Å². The Kier molecular flexibility index (Phi) is 6.09. The van der Waals surface area contributed by atoms with Gasteiger partial charge in [0.1, 0.15) is 5.60 Å². The van der Waals surface area contributed by atoms with E-state index in [1.807, 2.05) is 49.9 Å². The molecular weight excluding hydrogens is 358 g/mol. The molecule has 1 N–H and O–H groups in total. The maximum atomic E-state index is 12.3. The number of hydrogen-bond acceptors (Lipinski definition) is 3. The van der Waals surface area contributed by atoms with Gasteiger partial charge in [-0.1, -0.05) is 34.1 Å². The highest BCUT2D eigenvalue weighted by atomic mass is 79.9. The summed E-state index contributed by atoms with van der Waals surface area (Å²) in [6.45, 7) is 6.39. The molecule has 2 rings (SSSR count). The number of likely N-dealkylation sites (tertiary alicyclic amines) is 1. The number of aliphatic hydroxyl groups excluding tert-OH is 1. The number of rotatable bonds is 4. The average Bonchev–Trinajstić information content (AvgIpc) is 2.92. The third-order valence-electron chi connectivity index (χ3n) is 4.04. The molecule has 2 atom stereocenters. The van der Waals surface area contributed by atoms with Gasteiger partial charge >= 0.3 is 6.09 Å². The molecule has 1 aromatic carbocycles. The van der Waals surface area contributed by atoms with Gasteiger partial charge < -0.3 is 14.7 Å². The molecule has 1 aliphatic rings. The van der Waals surface area contributed by atoms with Crippen LogP contribution < -0.4 is 0 Å². The second-order valence-corrected chi connectivity index (χ2v) is 7.94. The highest BCUT2D eigenvalue weighted by molar-refractivity contribution is 9.10. The first-order chi connectivity index (χ1) is 10.8. The predicted octanol–water partition coefficient (Wildman–Crippen LogP) is 4.66. The number of ether oxygens (including phenoxy) is 1. The van der Waals surface area contributed by atoms with Crippen LogP contribution in [0.25, 0.3) is 0 Å². The van der Waals surface area contributed by atoms with Gasteiger partial charge in [0, 0.05) is 17.1 Å². The quantitative estimate of drug-likeness (QED) is 0.821. The topological polar surface area (TPSA) is 49.8 Å². The van der Waals surface area contributed by atoms with Gasteiger partial charge in [0.25, 0.3) is 0 Å². The monoisotopic (exact) mass is 383 g/mol. The van der Waals surface area contributed by atoms with Gasteiger partial charge in [-0.3, -0.25) is 0 Å². The summed E-state index contributed by atoms with van der Waals surface area (Å²) in [5.74, 6) is 0. The van der Waals surface area contributed by atoms with Crippen molar-refractivity contribution in [2.24, 2.45) is 0 Å². The smallest absolute Gasteiger partial charge is 0.410 e. The lowest BCUT2D eigenvalue weighted by atomic mass is 10.0. The van der Waals surface area contributed by atoms with E-state index in [0.29, 0.717) is 6.42 Å². The minimum absolute atomic E-state index is 0.155. The second-order valence-electron chi connectivity index (χ2n) is 7.08. The van der Waals surface area contributed by atoms with Crippen molar-refractivity contribution in [3.05, 3.63) is 34.3 Å². The molecule has 1 saturated heterocycles. The molecule has 2 unspecified atom stereocenters. The number of hydrogen-bond donors (Lipinski definition) is 1. The molecular formula is C18H26BrNO3. The van der Waals surface area contributed by atoms with Crippen molar-refractivity contribution in [1.82, 2.24) is 4.90 Å². The molecule has 0 radical (unpaired) electrons. The third-order valence-corrected chi connectivity index (χ3v) is 4.76. The van der Waals surface area contributed by atoms with Crippen molar-refractivity contribution < 1.29 is 14.6 Å². The average molecular weight is 384 g/mol. The number of nitrogens with zero attached hydrogens (tertiary/aromatic N) is 1. The molecule has 0 saturated carbocycles. The van der Waals surface area contributed by atoms with Crippen LogP contribution in [0, 0.1) is 0 Å². The van der Waals surface area contributed by atoms with E-state index < -0.39 is 11.7 Å². The first-order valence-corrected chi connectivity index (χ1v) is 8.99. The van der Waals surface area contributed by atoms with E-state index in [9.17, 15) is 9.90 Å². The zero-order chi connectivity index (χ0) is 17.0. The molecule has 1 aromatic rings. The van der Waals surface area contributed by atoms with E-state index in [4.69, 9.17) is 4.74 Å². The largest absolute Gasteiger partial charge is 0.444 e. The molecule has 1 fully saturated rings. The molecule has 0 bridgehead atoms. The Morgan fingerprint density at radius 1 is 1.43 bits per heavy atom. The molecule has 0 spiro atoms. The number of halogens is 1. The van der Waals surface area contributed by atoms with E-state index in [0.717, 1.165) is 35.8 Å². The van der Waals surface area contributed by atoms with Crippen LogP contribution >= 0.6 is 15.9 Å². The van der Waals surface area contributed by atoms with Gasteiger partial charge in [-0.15, -0.1) is 0 Å². The molecule has 23 heavy (non-hydrogen) atoms. The second kappa shape index (κ2) is 7.67. The molecule has 0 aliphatic carbocycles. The Labute approximate surface area is 147 Å². The predicted molar refractivity (Wildman–Crippen MR) is 94.3 cm³/mol. The zero-order valence-electron chi connectivity index (χ0n) is 14.1. The number of carbonyl (C=O) groups excluding carboxylic acids is 1. The van der Waals surface area contributed by atoms with E-state index in [2.05, 4.69) is 15.9 Å². The molecule has 1 heterocycles. The Morgan fingerprint density at radius 3 is 2.78 bits per heavy atom. The van der Waals surface area contributed by atoms with Gasteiger partial charge in [-0.2, -0.15) is 0 Å². The first-order valence-electron chi connectivity index (χ1n) is 8.20. The highest BCUT2D eigenvalue weighted by Gasteiger charge is 2.32. The molecule has 1 aliphatic heterocycles. The van der Waals surface area contributed by atoms with Crippen molar-refractivity contribution >= 4 is 22.0 Å². The van der Waals surface area contributed by atoms with Gasteiger partial charge in [0.2, 0.25) is 0 Å². The Bertz CT molecular complexity index is 541. The van der Waals surface area contributed by atoms with Gasteiger partial charge in [-0.05, 0) is 58.1 Å². The van der Waals surface area contributed by atoms with Crippen LogP contribution in [0.2, 0.25) is 0 Å². The summed E-state index contributed by atoms with van der Waals surface area (Å²) in [7, 11) is 0. The number of benzene rings is 1. The first kappa shape index (κ1) is 18.3. The van der Waals surface area contributed by atoms with Crippen LogP contribution in [-0.2, 0) is 4.74 Å². The Balaban J connectivity index is 1.92. The van der Waals surface area contributed by atoms with Gasteiger partial charge in [0.05, 0.1) is 6.10 Å². The van der Waals surface area contributed by atoms with E-state index in [1.54, 1.807) is 0 Å². The van der Waals surface area contributed by atoms with Crippen molar-refractivity contribution in [3.63, 3.8) is 0 Å². The Morgan fingerprint density at radius 2 is 2.13 bits per heavy atom. The lowest BCUT2D eigenvalue weighted by Crippen LogP contribution is -2.39. The van der Waals surface area contributed by atoms with E-state index >= 15 is 0 Å². The SMILES string of the molecule is CC(C)(C)OC(=O)N1CCCC1CCC(O)c1ccccc1Br. The lowest BCUT2D eigenvalue weighted by molar-refractivity contribution is 0.0206. The number of amides is 1. The van der Waals surface area contributed by atoms with Crippen LogP contribution in [0.1, 0.15) is 58.1 Å². The standard InChI is InChI=1S/C18H26BrNO3/c1-18(2,3)23-17(22)20-12-6-7-13(20)10-11-16(21)14-8-4-5-9-15(14)19/h4-5,8-9,13,16,21H,6-7,10-12H2,1-3H3. The van der Waals surface area contributed by atoms with E-state index in [-0.39, 0.29) is 12.1 Å². The molecule has 5 heteroatoms. The lowest BCUT2D eigenvalue weighted by Gasteiger charge is -2.29. The van der Waals surface area contributed by atoms with Crippen LogP contribution in [-0.4, -0.2) is 34.3 Å². The maximum Gasteiger partial charge on any atom is 0.410 e. The summed E-state index contributed by atoms with van der Waals surface area (Å²) in [5, 5.41) is 10.4. The van der Waals surface area contributed by atoms with Crippen LogP contribution in [0.3, 0.4) is 0 Å². The molecule has 0 aromatic heterocycles. The fourth-order valence-corrected chi connectivity index (χ4v) is 3.50. The van der Waals surface area contributed by atoms with Crippen LogP contribution in [0.5, 0.6) is 0 Å². The van der Waals surface area contributed by atoms with E-state index in [1.165, 1.54) is 0 Å². The summed E-state index contributed by atoms with van der Waals surface area (Å²) in [6, 6.07) is 7.87. The number of aliphatic hydroxyl groups is 1. The zero-order valence-corrected chi connectivity index (χ0v) is 15.7. The summed E-state index contributed by atoms with van der Waals surface area (Å²) in [5.41, 5.74) is 0.424. The molecule has 4 nitrogen and oxygen atoms in total. The van der Waals surface area contributed by atoms with Gasteiger partial charge in [-0.25, -0.2) is 4.79 Å². The maximum absolute atomic E-state index is 12.3. The summed E-state index contributed by atoms with van der Waals surface area (Å²) in [4.78, 5) is 14.1. The number of carbonyl (C=O) groups is 1. The fraction of sp³-hybridized carbons (Fsp3) is 0.611. The van der Waals surface area contributed by atoms with Gasteiger partial charge in [0.15, 0.2) is 0 Å². The highest BCUT2D eigenvalue weighted by Crippen LogP contribution is 2.30. The minimum atomic E-state index is -0.522. The molecule has 128 valence electrons. The Hall–Kier alpha value is -1.07. The van der Waals surface area contributed by atoms with Crippen molar-refractivity contribution in [3.8, 4) is 0 Å². The minimum Gasteiger partial charge on any atom is -0.444 e. The third kappa shape index (κ3) is 5.21. The fourth-order valence-electron chi connectivity index (χ4n) is 2.95. The normalized spacial score (nSPS) is 19.7.